The smallest absolute Gasteiger partial charge is 0.339 e. The molecule has 0 spiro atoms. The number of esters is 1. The number of nitrogens with zero attached hydrogens (tertiary/aromatic N) is 1. The number of hydrogen-bond donors (Lipinski definition) is 0. The summed E-state index contributed by atoms with van der Waals surface area (Å²) in [6, 6.07) is 17.3. The van der Waals surface area contributed by atoms with Crippen LogP contribution < -0.4 is 4.90 Å². The summed E-state index contributed by atoms with van der Waals surface area (Å²) in [6.45, 7) is 7.81. The number of anilines is 2. The van der Waals surface area contributed by atoms with E-state index in [1.165, 1.54) is 7.11 Å². The van der Waals surface area contributed by atoms with Crippen LogP contribution in [0.5, 0.6) is 0 Å². The van der Waals surface area contributed by atoms with Crippen LogP contribution in [0.15, 0.2) is 54.6 Å². The molecule has 0 amide bonds. The second kappa shape index (κ2) is 16.9. The third-order valence-corrected chi connectivity index (χ3v) is 2.98. The number of carbonyl (C=O) groups excluding carboxylic acids is 3. The third-order valence-electron chi connectivity index (χ3n) is 2.98. The highest BCUT2D eigenvalue weighted by atomic mass is 16.5. The van der Waals surface area contributed by atoms with Gasteiger partial charge in [0, 0.05) is 19.2 Å². The fraction of sp³-hybridized carbons (Fsp3) is 0.286. The number of carbonyl (C=O) groups is 3. The van der Waals surface area contributed by atoms with Crippen LogP contribution in [0.3, 0.4) is 0 Å². The molecule has 0 aliphatic carbocycles. The Balaban J connectivity index is 0. The molecule has 0 unspecified atom stereocenters. The average Bonchev–Trinajstić information content (AvgIpc) is 2.76. The maximum absolute atomic E-state index is 11.7. The van der Waals surface area contributed by atoms with Gasteiger partial charge in [-0.1, -0.05) is 51.1 Å². The fourth-order valence-corrected chi connectivity index (χ4v) is 1.84. The van der Waals surface area contributed by atoms with Crippen molar-refractivity contribution < 1.29 is 19.1 Å². The molecule has 0 bridgehead atoms. The van der Waals surface area contributed by atoms with Crippen molar-refractivity contribution in [3.63, 3.8) is 0 Å². The van der Waals surface area contributed by atoms with Gasteiger partial charge in [-0.05, 0) is 24.3 Å². The van der Waals surface area contributed by atoms with Gasteiger partial charge in [0.2, 0.25) is 0 Å². The molecule has 0 heterocycles. The Labute approximate surface area is 156 Å². The maximum Gasteiger partial charge on any atom is 0.339 e. The third kappa shape index (κ3) is 8.78. The summed E-state index contributed by atoms with van der Waals surface area (Å²) in [7, 11) is 3.32. The van der Waals surface area contributed by atoms with Gasteiger partial charge < -0.3 is 19.2 Å². The molecule has 0 saturated heterocycles. The van der Waals surface area contributed by atoms with E-state index in [0.29, 0.717) is 12.0 Å². The predicted molar refractivity (Wildman–Crippen MR) is 107 cm³/mol. The normalized spacial score (nSPS) is 8.19. The van der Waals surface area contributed by atoms with Crippen molar-refractivity contribution >= 4 is 30.4 Å². The summed E-state index contributed by atoms with van der Waals surface area (Å²) in [5, 5.41) is 0. The highest BCUT2D eigenvalue weighted by molar-refractivity contribution is 5.96. The number of rotatable bonds is 4. The van der Waals surface area contributed by atoms with Crippen molar-refractivity contribution in [3.8, 4) is 0 Å². The monoisotopic (exact) mass is 359 g/mol. The van der Waals surface area contributed by atoms with Crippen LogP contribution in [0.1, 0.15) is 37.6 Å². The minimum absolute atomic E-state index is 0.326. The van der Waals surface area contributed by atoms with Crippen molar-refractivity contribution in [1.29, 1.82) is 0 Å². The van der Waals surface area contributed by atoms with Gasteiger partial charge >= 0.3 is 5.97 Å². The Morgan fingerprint density at radius 3 is 1.96 bits per heavy atom. The average molecular weight is 359 g/mol. The summed E-state index contributed by atoms with van der Waals surface area (Å²) < 4.78 is 4.80. The molecule has 5 heteroatoms. The number of para-hydroxylation sites is 2. The minimum atomic E-state index is -0.326. The number of benzene rings is 2. The van der Waals surface area contributed by atoms with Crippen molar-refractivity contribution in [1.82, 2.24) is 0 Å². The molecule has 0 fully saturated rings. The molecule has 0 aliphatic rings. The number of methoxy groups -OCH3 is 1. The van der Waals surface area contributed by atoms with Gasteiger partial charge in [-0.3, -0.25) is 0 Å². The lowest BCUT2D eigenvalue weighted by Crippen LogP contribution is -2.14. The minimum Gasteiger partial charge on any atom is -0.465 e. The van der Waals surface area contributed by atoms with E-state index in [9.17, 15) is 9.59 Å². The molecular formula is C21H29NO4. The first-order valence-corrected chi connectivity index (χ1v) is 8.34. The molecule has 0 N–H and O–H groups in total. The molecule has 26 heavy (non-hydrogen) atoms. The Morgan fingerprint density at radius 1 is 1.04 bits per heavy atom. The fourth-order valence-electron chi connectivity index (χ4n) is 1.84. The molecule has 142 valence electrons. The molecule has 0 radical (unpaired) electrons. The van der Waals surface area contributed by atoms with Crippen LogP contribution in [-0.4, -0.2) is 33.2 Å². The second-order valence-electron chi connectivity index (χ2n) is 4.48. The molecule has 2 rings (SSSR count). The summed E-state index contributed by atoms with van der Waals surface area (Å²) >= 11 is 0. The number of aldehydes is 1. The zero-order chi connectivity index (χ0) is 20.4. The molecule has 0 atom stereocenters. The number of ether oxygens (including phenoxy) is 1. The van der Waals surface area contributed by atoms with Crippen LogP contribution in [0.2, 0.25) is 0 Å². The van der Waals surface area contributed by atoms with Gasteiger partial charge in [0.25, 0.3) is 0 Å². The lowest BCUT2D eigenvalue weighted by atomic mass is 10.1. The van der Waals surface area contributed by atoms with E-state index in [1.54, 1.807) is 6.07 Å². The SMILES string of the molecule is C=O.CC.CCC=O.COC(=O)c1ccccc1N(C)c1ccccc1. The summed E-state index contributed by atoms with van der Waals surface area (Å²) in [5.41, 5.74) is 2.41. The van der Waals surface area contributed by atoms with Crippen LogP contribution in [0.4, 0.5) is 11.4 Å². The Hall–Kier alpha value is -2.95. The van der Waals surface area contributed by atoms with Gasteiger partial charge in [-0.15, -0.1) is 0 Å². The molecule has 5 nitrogen and oxygen atoms in total. The van der Waals surface area contributed by atoms with E-state index in [-0.39, 0.29) is 5.97 Å². The maximum atomic E-state index is 11.7. The van der Waals surface area contributed by atoms with E-state index in [0.717, 1.165) is 17.7 Å². The van der Waals surface area contributed by atoms with Crippen LogP contribution in [0.25, 0.3) is 0 Å². The quantitative estimate of drug-likeness (QED) is 0.586. The van der Waals surface area contributed by atoms with Crippen molar-refractivity contribution in [2.45, 2.75) is 27.2 Å². The highest BCUT2D eigenvalue weighted by Crippen LogP contribution is 2.26. The summed E-state index contributed by atoms with van der Waals surface area (Å²) in [6.07, 6.45) is 1.51. The Bertz CT molecular complexity index is 614. The molecule has 0 aliphatic heterocycles. The summed E-state index contributed by atoms with van der Waals surface area (Å²) in [4.78, 5) is 30.9. The highest BCUT2D eigenvalue weighted by Gasteiger charge is 2.14. The standard InChI is InChI=1S/C15H15NO2.C3H6O.C2H6.CH2O/c1-16(12-8-4-3-5-9-12)14-11-7-6-10-13(14)15(17)18-2;1-2-3-4;2*1-2/h3-11H,1-2H3;3H,2H2,1H3;1-2H3;1H2. The zero-order valence-corrected chi connectivity index (χ0v) is 16.3. The zero-order valence-electron chi connectivity index (χ0n) is 16.3. The van der Waals surface area contributed by atoms with Crippen molar-refractivity contribution in [3.05, 3.63) is 60.2 Å². The lowest BCUT2D eigenvalue weighted by Gasteiger charge is -2.21. The van der Waals surface area contributed by atoms with Gasteiger partial charge in [0.1, 0.15) is 13.1 Å². The second-order valence-corrected chi connectivity index (χ2v) is 4.48. The largest absolute Gasteiger partial charge is 0.465 e. The van der Waals surface area contributed by atoms with Gasteiger partial charge in [0.05, 0.1) is 18.4 Å². The lowest BCUT2D eigenvalue weighted by molar-refractivity contribution is -0.107. The number of hydrogen-bond acceptors (Lipinski definition) is 5. The topological polar surface area (TPSA) is 63.7 Å². The molecule has 2 aromatic carbocycles. The molecule has 2 aromatic rings. The van der Waals surface area contributed by atoms with Crippen LogP contribution in [0, 0.1) is 0 Å². The first-order valence-electron chi connectivity index (χ1n) is 8.34. The van der Waals surface area contributed by atoms with E-state index in [4.69, 9.17) is 9.53 Å². The van der Waals surface area contributed by atoms with Gasteiger partial charge in [-0.2, -0.15) is 0 Å². The first-order chi connectivity index (χ1) is 12.7. The van der Waals surface area contributed by atoms with E-state index >= 15 is 0 Å². The molecule has 0 aromatic heterocycles. The predicted octanol–water partition coefficient (Wildman–Crippen LogP) is 4.68. The van der Waals surface area contributed by atoms with E-state index < -0.39 is 0 Å². The van der Waals surface area contributed by atoms with Crippen molar-refractivity contribution in [2.75, 3.05) is 19.1 Å². The van der Waals surface area contributed by atoms with Crippen LogP contribution >= 0.6 is 0 Å². The van der Waals surface area contributed by atoms with Crippen molar-refractivity contribution in [2.24, 2.45) is 0 Å². The van der Waals surface area contributed by atoms with Gasteiger partial charge in [0.15, 0.2) is 0 Å². The molecular weight excluding hydrogens is 330 g/mol. The first kappa shape index (κ1) is 25.3. The summed E-state index contributed by atoms with van der Waals surface area (Å²) in [5.74, 6) is -0.326. The van der Waals surface area contributed by atoms with Gasteiger partial charge in [-0.25, -0.2) is 4.79 Å². The van der Waals surface area contributed by atoms with Crippen LogP contribution in [-0.2, 0) is 14.3 Å². The Kier molecular flexibility index (Phi) is 16.4. The molecule has 0 saturated carbocycles. The van der Waals surface area contributed by atoms with E-state index in [1.807, 2.05) is 88.0 Å². The Morgan fingerprint density at radius 2 is 1.50 bits per heavy atom. The van der Waals surface area contributed by atoms with E-state index in [2.05, 4.69) is 0 Å².